The summed E-state index contributed by atoms with van der Waals surface area (Å²) < 4.78 is 16.8. The third-order valence-corrected chi connectivity index (χ3v) is 13.7. The molecule has 0 saturated heterocycles. The molecule has 0 aliphatic rings. The number of unbranched alkanes of at least 4 members (excludes halogenated alkanes) is 25. The van der Waals surface area contributed by atoms with Crippen LogP contribution < -0.4 is 0 Å². The van der Waals surface area contributed by atoms with Gasteiger partial charge in [-0.05, 0) is 103 Å². The Kier molecular flexibility index (Phi) is 62.3. The highest BCUT2D eigenvalue weighted by atomic mass is 16.6. The summed E-state index contributed by atoms with van der Waals surface area (Å²) in [5.74, 6) is -0.996. The van der Waals surface area contributed by atoms with Gasteiger partial charge in [-0.15, -0.1) is 0 Å². The molecule has 0 aromatic heterocycles. The average molecular weight is 1090 g/mol. The van der Waals surface area contributed by atoms with Gasteiger partial charge in [-0.3, -0.25) is 14.4 Å². The number of allylic oxidation sites excluding steroid dienone is 22. The highest BCUT2D eigenvalue weighted by Gasteiger charge is 2.19. The van der Waals surface area contributed by atoms with Crippen LogP contribution in [0, 0.1) is 0 Å². The Balaban J connectivity index is 4.37. The van der Waals surface area contributed by atoms with E-state index in [-0.39, 0.29) is 37.5 Å². The fourth-order valence-electron chi connectivity index (χ4n) is 8.85. The van der Waals surface area contributed by atoms with Crippen LogP contribution in [0.2, 0.25) is 0 Å². The number of hydrogen-bond acceptors (Lipinski definition) is 6. The van der Waals surface area contributed by atoms with E-state index in [4.69, 9.17) is 14.2 Å². The van der Waals surface area contributed by atoms with Gasteiger partial charge in [0.05, 0.1) is 0 Å². The molecule has 79 heavy (non-hydrogen) atoms. The zero-order valence-corrected chi connectivity index (χ0v) is 51.3. The van der Waals surface area contributed by atoms with Gasteiger partial charge in [0.25, 0.3) is 0 Å². The second kappa shape index (κ2) is 66.1. The van der Waals surface area contributed by atoms with E-state index < -0.39 is 6.10 Å². The van der Waals surface area contributed by atoms with Gasteiger partial charge in [-0.1, -0.05) is 302 Å². The van der Waals surface area contributed by atoms with Crippen molar-refractivity contribution in [1.82, 2.24) is 0 Å². The van der Waals surface area contributed by atoms with E-state index in [1.165, 1.54) is 128 Å². The smallest absolute Gasteiger partial charge is 0.306 e. The highest BCUT2D eigenvalue weighted by molar-refractivity contribution is 5.71. The minimum Gasteiger partial charge on any atom is -0.462 e. The van der Waals surface area contributed by atoms with Crippen LogP contribution in [-0.4, -0.2) is 37.2 Å². The van der Waals surface area contributed by atoms with Gasteiger partial charge < -0.3 is 14.2 Å². The van der Waals surface area contributed by atoms with E-state index in [9.17, 15) is 14.4 Å². The van der Waals surface area contributed by atoms with Gasteiger partial charge in [0.2, 0.25) is 0 Å². The zero-order chi connectivity index (χ0) is 57.1. The Morgan fingerprint density at radius 1 is 0.266 bits per heavy atom. The predicted octanol–water partition coefficient (Wildman–Crippen LogP) is 22.5. The molecule has 0 aromatic rings. The lowest BCUT2D eigenvalue weighted by atomic mass is 10.0. The van der Waals surface area contributed by atoms with Crippen LogP contribution in [0.3, 0.4) is 0 Å². The molecule has 0 heterocycles. The Bertz CT molecular complexity index is 1680. The number of rotatable bonds is 58. The summed E-state index contributed by atoms with van der Waals surface area (Å²) in [6, 6.07) is 0. The molecule has 448 valence electrons. The molecule has 0 saturated carbocycles. The fraction of sp³-hybridized carbons (Fsp3) is 0.658. The van der Waals surface area contributed by atoms with Crippen molar-refractivity contribution < 1.29 is 28.6 Å². The molecular weight excluding hydrogens is 973 g/mol. The molecule has 1 atom stereocenters. The summed E-state index contributed by atoms with van der Waals surface area (Å²) in [6.07, 6.45) is 93.4. The fourth-order valence-corrected chi connectivity index (χ4v) is 8.85. The second-order valence-electron chi connectivity index (χ2n) is 21.3. The molecule has 6 nitrogen and oxygen atoms in total. The molecule has 0 aliphatic heterocycles. The molecule has 0 N–H and O–H groups in total. The van der Waals surface area contributed by atoms with E-state index in [2.05, 4.69) is 148 Å². The summed E-state index contributed by atoms with van der Waals surface area (Å²) in [7, 11) is 0. The Labute approximate surface area is 487 Å². The van der Waals surface area contributed by atoms with Crippen LogP contribution in [0.5, 0.6) is 0 Å². The first-order valence-corrected chi connectivity index (χ1v) is 32.7. The van der Waals surface area contributed by atoms with E-state index in [0.717, 1.165) is 116 Å². The largest absolute Gasteiger partial charge is 0.462 e. The number of esters is 3. The highest BCUT2D eigenvalue weighted by Crippen LogP contribution is 2.16. The summed E-state index contributed by atoms with van der Waals surface area (Å²) >= 11 is 0. The molecule has 0 aliphatic carbocycles. The van der Waals surface area contributed by atoms with Gasteiger partial charge in [0.15, 0.2) is 6.10 Å². The van der Waals surface area contributed by atoms with Gasteiger partial charge >= 0.3 is 17.9 Å². The number of ether oxygens (including phenoxy) is 3. The standard InChI is InChI=1S/C73H120O6/c1-4-7-10-13-16-19-22-25-27-29-31-32-33-34-35-36-37-38-39-40-42-43-45-48-51-54-57-60-63-66-72(75)78-69-70(68-77-71(74)65-62-59-56-53-50-47-24-21-18-15-12-9-6-3)79-73(76)67-64-61-58-55-52-49-46-44-41-30-28-26-23-20-17-14-11-8-5-2/h7,9-10,12,16,18-19,21,25,27,31-32,34-35,37-38,40,42,47,50,56,59,70H,4-6,8,11,13-15,17,20,22-24,26,28-30,33,36,39,41,43-46,48-49,51-55,57-58,60-69H2,1-3H3/b10-7-,12-9-,19-16-,21-18-,27-25-,32-31-,35-34-,38-37-,42-40-,50-47-,59-56-. The third kappa shape index (κ3) is 64.3. The van der Waals surface area contributed by atoms with Crippen LogP contribution in [0.15, 0.2) is 134 Å². The molecular formula is C73H120O6. The number of carbonyl (C=O) groups excluding carboxylic acids is 3. The number of hydrogen-bond donors (Lipinski definition) is 0. The van der Waals surface area contributed by atoms with Crippen LogP contribution in [-0.2, 0) is 28.6 Å². The third-order valence-electron chi connectivity index (χ3n) is 13.7. The van der Waals surface area contributed by atoms with Crippen molar-refractivity contribution in [2.24, 2.45) is 0 Å². The van der Waals surface area contributed by atoms with Crippen molar-refractivity contribution in [1.29, 1.82) is 0 Å². The summed E-state index contributed by atoms with van der Waals surface area (Å²) in [5, 5.41) is 0. The van der Waals surface area contributed by atoms with E-state index >= 15 is 0 Å². The van der Waals surface area contributed by atoms with Gasteiger partial charge in [0.1, 0.15) is 13.2 Å². The first-order chi connectivity index (χ1) is 39.0. The van der Waals surface area contributed by atoms with Crippen LogP contribution in [0.1, 0.15) is 290 Å². The molecule has 0 aromatic carbocycles. The quantitative estimate of drug-likeness (QED) is 0.0261. The minimum atomic E-state index is -0.815. The number of carbonyl (C=O) groups is 3. The normalized spacial score (nSPS) is 13.0. The molecule has 0 amide bonds. The molecule has 1 unspecified atom stereocenters. The van der Waals surface area contributed by atoms with Crippen LogP contribution >= 0.6 is 0 Å². The van der Waals surface area contributed by atoms with E-state index in [1.54, 1.807) is 0 Å². The van der Waals surface area contributed by atoms with Crippen molar-refractivity contribution in [2.75, 3.05) is 13.2 Å². The molecule has 0 rings (SSSR count). The lowest BCUT2D eigenvalue weighted by Gasteiger charge is -2.18. The summed E-state index contributed by atoms with van der Waals surface area (Å²) in [5.41, 5.74) is 0. The van der Waals surface area contributed by atoms with Crippen molar-refractivity contribution in [3.63, 3.8) is 0 Å². The van der Waals surface area contributed by atoms with Gasteiger partial charge in [0, 0.05) is 19.3 Å². The molecule has 0 radical (unpaired) electrons. The molecule has 0 bridgehead atoms. The SMILES string of the molecule is CC/C=C\C/C=C\C/C=C\C/C=C\C/C=C\C/C=C\C/C=C\CCCCCCCCCC(=O)OCC(COC(=O)CC/C=C\C/C=C\C/C=C\C/C=C\CC)OC(=O)CCCCCCCCCCCCCCCCCCCCC. The topological polar surface area (TPSA) is 78.9 Å². The summed E-state index contributed by atoms with van der Waals surface area (Å²) in [4.78, 5) is 38.3. The first kappa shape index (κ1) is 74.5. The maximum absolute atomic E-state index is 12.9. The molecule has 0 spiro atoms. The van der Waals surface area contributed by atoms with Crippen molar-refractivity contribution >= 4 is 17.9 Å². The van der Waals surface area contributed by atoms with Crippen LogP contribution in [0.25, 0.3) is 0 Å². The van der Waals surface area contributed by atoms with Gasteiger partial charge in [-0.25, -0.2) is 0 Å². The maximum Gasteiger partial charge on any atom is 0.306 e. The van der Waals surface area contributed by atoms with E-state index in [1.807, 2.05) is 6.08 Å². The van der Waals surface area contributed by atoms with E-state index in [0.29, 0.717) is 19.3 Å². The maximum atomic E-state index is 12.9. The minimum absolute atomic E-state index is 0.107. The lowest BCUT2D eigenvalue weighted by molar-refractivity contribution is -0.166. The first-order valence-electron chi connectivity index (χ1n) is 32.7. The Morgan fingerprint density at radius 2 is 0.519 bits per heavy atom. The van der Waals surface area contributed by atoms with Crippen molar-refractivity contribution in [3.05, 3.63) is 134 Å². The summed E-state index contributed by atoms with van der Waals surface area (Å²) in [6.45, 7) is 6.36. The van der Waals surface area contributed by atoms with Gasteiger partial charge in [-0.2, -0.15) is 0 Å². The zero-order valence-electron chi connectivity index (χ0n) is 51.3. The predicted molar refractivity (Wildman–Crippen MR) is 343 cm³/mol. The molecule has 6 heteroatoms. The Morgan fingerprint density at radius 3 is 0.848 bits per heavy atom. The lowest BCUT2D eigenvalue weighted by Crippen LogP contribution is -2.30. The second-order valence-corrected chi connectivity index (χ2v) is 21.3. The Hall–Kier alpha value is -4.45. The van der Waals surface area contributed by atoms with Crippen molar-refractivity contribution in [2.45, 2.75) is 297 Å². The average Bonchev–Trinajstić information content (AvgIpc) is 3.45. The molecule has 0 fully saturated rings. The monoisotopic (exact) mass is 1090 g/mol. The van der Waals surface area contributed by atoms with Crippen molar-refractivity contribution in [3.8, 4) is 0 Å². The van der Waals surface area contributed by atoms with Crippen LogP contribution in [0.4, 0.5) is 0 Å².